The molecule has 2 heterocycles. The van der Waals surface area contributed by atoms with E-state index in [-0.39, 0.29) is 12.0 Å². The number of aromatic nitrogens is 1. The summed E-state index contributed by atoms with van der Waals surface area (Å²) in [5.41, 5.74) is 5.36. The molecule has 0 fully saturated rings. The van der Waals surface area contributed by atoms with Gasteiger partial charge in [0.1, 0.15) is 0 Å². The molecule has 4 nitrogen and oxygen atoms in total. The van der Waals surface area contributed by atoms with Gasteiger partial charge in [-0.1, -0.05) is 30.4 Å². The molecule has 0 saturated carbocycles. The van der Waals surface area contributed by atoms with Gasteiger partial charge in [0, 0.05) is 28.7 Å². The largest absolute Gasteiger partial charge is 0.465 e. The second-order valence-electron chi connectivity index (χ2n) is 7.06. The molecule has 4 heteroatoms. The molecule has 1 aliphatic heterocycles. The lowest BCUT2D eigenvalue weighted by atomic mass is 9.76. The van der Waals surface area contributed by atoms with Gasteiger partial charge in [-0.2, -0.15) is 0 Å². The number of rotatable bonds is 2. The van der Waals surface area contributed by atoms with Crippen LogP contribution in [0.3, 0.4) is 0 Å². The Kier molecular flexibility index (Phi) is 3.38. The smallest absolute Gasteiger partial charge is 0.337 e. The van der Waals surface area contributed by atoms with Crippen LogP contribution in [0.1, 0.15) is 39.9 Å². The van der Waals surface area contributed by atoms with Crippen LogP contribution in [0.5, 0.6) is 0 Å². The number of anilines is 1. The first-order chi connectivity index (χ1) is 12.8. The number of para-hydroxylation sites is 1. The summed E-state index contributed by atoms with van der Waals surface area (Å²) in [6, 6.07) is 14.5. The Bertz CT molecular complexity index is 1030. The average molecular weight is 344 g/mol. The molecule has 0 saturated heterocycles. The highest BCUT2D eigenvalue weighted by molar-refractivity contribution is 5.90. The minimum Gasteiger partial charge on any atom is -0.465 e. The molecule has 3 atom stereocenters. The van der Waals surface area contributed by atoms with Gasteiger partial charge in [-0.05, 0) is 47.7 Å². The fourth-order valence-electron chi connectivity index (χ4n) is 4.50. The van der Waals surface area contributed by atoms with E-state index in [1.807, 2.05) is 18.2 Å². The van der Waals surface area contributed by atoms with E-state index in [1.54, 1.807) is 0 Å². The summed E-state index contributed by atoms with van der Waals surface area (Å²) in [6.07, 6.45) is 7.71. The van der Waals surface area contributed by atoms with Gasteiger partial charge >= 0.3 is 5.97 Å². The minimum absolute atomic E-state index is 0.239. The van der Waals surface area contributed by atoms with Gasteiger partial charge in [0.25, 0.3) is 0 Å². The molecule has 2 aliphatic rings. The van der Waals surface area contributed by atoms with Crippen LogP contribution < -0.4 is 5.32 Å². The maximum Gasteiger partial charge on any atom is 0.337 e. The van der Waals surface area contributed by atoms with Crippen LogP contribution in [0, 0.1) is 5.92 Å². The zero-order valence-corrected chi connectivity index (χ0v) is 14.5. The molecule has 3 unspecified atom stereocenters. The number of hydrogen-bond donors (Lipinski definition) is 2. The number of carbonyl (C=O) groups excluding carboxylic acids is 1. The lowest BCUT2D eigenvalue weighted by Crippen LogP contribution is -2.29. The van der Waals surface area contributed by atoms with Crippen molar-refractivity contribution in [2.75, 3.05) is 12.4 Å². The second kappa shape index (κ2) is 5.77. The van der Waals surface area contributed by atoms with Gasteiger partial charge in [0.05, 0.1) is 18.7 Å². The molecule has 5 rings (SSSR count). The molecule has 26 heavy (non-hydrogen) atoms. The highest BCUT2D eigenvalue weighted by Gasteiger charge is 2.39. The van der Waals surface area contributed by atoms with Crippen LogP contribution in [-0.2, 0) is 4.74 Å². The quantitative estimate of drug-likeness (QED) is 0.519. The van der Waals surface area contributed by atoms with Crippen LogP contribution in [-0.4, -0.2) is 18.1 Å². The Morgan fingerprint density at radius 2 is 2.04 bits per heavy atom. The summed E-state index contributed by atoms with van der Waals surface area (Å²) >= 11 is 0. The molecule has 0 radical (unpaired) electrons. The van der Waals surface area contributed by atoms with Crippen LogP contribution in [0.15, 0.2) is 60.8 Å². The Hall–Kier alpha value is -3.01. The summed E-state index contributed by atoms with van der Waals surface area (Å²) in [4.78, 5) is 15.3. The third-order valence-electron chi connectivity index (χ3n) is 5.74. The number of H-pyrrole nitrogens is 1. The molecule has 0 spiro atoms. The van der Waals surface area contributed by atoms with Crippen molar-refractivity contribution in [2.24, 2.45) is 5.92 Å². The number of nitrogens with one attached hydrogen (secondary N) is 2. The van der Waals surface area contributed by atoms with Crippen molar-refractivity contribution in [2.45, 2.75) is 18.4 Å². The van der Waals surface area contributed by atoms with E-state index in [1.165, 1.54) is 29.1 Å². The number of aromatic amines is 1. The highest BCUT2D eigenvalue weighted by Crippen LogP contribution is 2.50. The number of esters is 1. The van der Waals surface area contributed by atoms with E-state index in [4.69, 9.17) is 4.74 Å². The van der Waals surface area contributed by atoms with Crippen molar-refractivity contribution in [3.05, 3.63) is 77.5 Å². The molecular weight excluding hydrogens is 324 g/mol. The molecular formula is C22H20N2O2. The SMILES string of the molecule is COC(=O)c1ccc2c(c1)C1C=CCC1C(c1c[nH]c3ccccc13)N2. The first-order valence-electron chi connectivity index (χ1n) is 8.98. The Labute approximate surface area is 151 Å². The number of hydrogen-bond acceptors (Lipinski definition) is 3. The molecule has 0 amide bonds. The number of carbonyl (C=O) groups is 1. The van der Waals surface area contributed by atoms with Crippen LogP contribution >= 0.6 is 0 Å². The van der Waals surface area contributed by atoms with E-state index in [2.05, 4.69) is 52.9 Å². The summed E-state index contributed by atoms with van der Waals surface area (Å²) in [7, 11) is 1.42. The van der Waals surface area contributed by atoms with E-state index in [9.17, 15) is 4.79 Å². The maximum absolute atomic E-state index is 11.9. The summed E-state index contributed by atoms with van der Waals surface area (Å²) < 4.78 is 4.89. The van der Waals surface area contributed by atoms with Crippen molar-refractivity contribution >= 4 is 22.6 Å². The number of ether oxygens (including phenoxy) is 1. The standard InChI is InChI=1S/C22H20N2O2/c1-26-22(25)13-9-10-20-17(11-13)14-6-4-7-16(14)21(24-20)18-12-23-19-8-3-2-5-15(18)19/h2-6,8-12,14,16,21,23-24H,7H2,1H3. The normalized spacial score (nSPS) is 23.3. The zero-order valence-electron chi connectivity index (χ0n) is 14.5. The van der Waals surface area contributed by atoms with Gasteiger partial charge in [-0.15, -0.1) is 0 Å². The first kappa shape index (κ1) is 15.3. The fourth-order valence-corrected chi connectivity index (χ4v) is 4.50. The van der Waals surface area contributed by atoms with E-state index >= 15 is 0 Å². The van der Waals surface area contributed by atoms with Crippen LogP contribution in [0.4, 0.5) is 5.69 Å². The lowest BCUT2D eigenvalue weighted by molar-refractivity contribution is 0.0600. The van der Waals surface area contributed by atoms with Crippen LogP contribution in [0.2, 0.25) is 0 Å². The zero-order chi connectivity index (χ0) is 17.7. The Morgan fingerprint density at radius 3 is 2.92 bits per heavy atom. The highest BCUT2D eigenvalue weighted by atomic mass is 16.5. The minimum atomic E-state index is -0.287. The predicted molar refractivity (Wildman–Crippen MR) is 102 cm³/mol. The fraction of sp³-hybridized carbons (Fsp3) is 0.227. The van der Waals surface area contributed by atoms with Gasteiger partial charge in [0.15, 0.2) is 0 Å². The molecule has 1 aromatic heterocycles. The molecule has 2 aromatic carbocycles. The third kappa shape index (κ3) is 2.18. The summed E-state index contributed by atoms with van der Waals surface area (Å²) in [5.74, 6) is 0.467. The molecule has 130 valence electrons. The lowest BCUT2D eigenvalue weighted by Gasteiger charge is -2.37. The van der Waals surface area contributed by atoms with Crippen molar-refractivity contribution in [3.63, 3.8) is 0 Å². The summed E-state index contributed by atoms with van der Waals surface area (Å²) in [6.45, 7) is 0. The van der Waals surface area contributed by atoms with Gasteiger partial charge in [-0.3, -0.25) is 0 Å². The maximum atomic E-state index is 11.9. The van der Waals surface area contributed by atoms with Crippen molar-refractivity contribution in [1.82, 2.24) is 4.98 Å². The third-order valence-corrected chi connectivity index (χ3v) is 5.74. The molecule has 2 N–H and O–H groups in total. The monoisotopic (exact) mass is 344 g/mol. The molecule has 3 aromatic rings. The topological polar surface area (TPSA) is 54.1 Å². The number of benzene rings is 2. The molecule has 1 aliphatic carbocycles. The molecule has 0 bridgehead atoms. The predicted octanol–water partition coefficient (Wildman–Crippen LogP) is 4.78. The number of fused-ring (bicyclic) bond motifs is 4. The van der Waals surface area contributed by atoms with Crippen molar-refractivity contribution in [1.29, 1.82) is 0 Å². The van der Waals surface area contributed by atoms with E-state index in [0.29, 0.717) is 17.4 Å². The van der Waals surface area contributed by atoms with Gasteiger partial charge < -0.3 is 15.0 Å². The number of allylic oxidation sites excluding steroid dienone is 2. The first-order valence-corrected chi connectivity index (χ1v) is 8.98. The Morgan fingerprint density at radius 1 is 1.15 bits per heavy atom. The van der Waals surface area contributed by atoms with Crippen LogP contribution in [0.25, 0.3) is 10.9 Å². The average Bonchev–Trinajstić information content (AvgIpc) is 3.34. The van der Waals surface area contributed by atoms with Gasteiger partial charge in [0.2, 0.25) is 0 Å². The Balaban J connectivity index is 1.60. The van der Waals surface area contributed by atoms with E-state index in [0.717, 1.165) is 12.1 Å². The van der Waals surface area contributed by atoms with Crippen molar-refractivity contribution < 1.29 is 9.53 Å². The van der Waals surface area contributed by atoms with Crippen molar-refractivity contribution in [3.8, 4) is 0 Å². The van der Waals surface area contributed by atoms with E-state index < -0.39 is 0 Å². The second-order valence-corrected chi connectivity index (χ2v) is 7.06. The van der Waals surface area contributed by atoms with Gasteiger partial charge in [-0.25, -0.2) is 4.79 Å². The number of methoxy groups -OCH3 is 1. The summed E-state index contributed by atoms with van der Waals surface area (Å²) in [5, 5.41) is 5.00.